The zero-order valence-corrected chi connectivity index (χ0v) is 12.8. The van der Waals surface area contributed by atoms with E-state index in [0.717, 1.165) is 33.1 Å². The van der Waals surface area contributed by atoms with E-state index >= 15 is 0 Å². The molecule has 1 aromatic carbocycles. The third-order valence-corrected chi connectivity index (χ3v) is 3.87. The third-order valence-electron chi connectivity index (χ3n) is 2.93. The first-order chi connectivity index (χ1) is 8.97. The van der Waals surface area contributed by atoms with E-state index < -0.39 is 0 Å². The molecule has 19 heavy (non-hydrogen) atoms. The molecule has 1 aromatic heterocycles. The number of rotatable bonds is 5. The van der Waals surface area contributed by atoms with Crippen LogP contribution in [0.25, 0.3) is 10.2 Å². The minimum Gasteiger partial charge on any atom is -0.397 e. The van der Waals surface area contributed by atoms with Crippen molar-refractivity contribution in [3.8, 4) is 0 Å². The summed E-state index contributed by atoms with van der Waals surface area (Å²) in [6.45, 7) is 7.61. The van der Waals surface area contributed by atoms with Crippen molar-refractivity contribution >= 4 is 32.9 Å². The lowest BCUT2D eigenvalue weighted by atomic mass is 10.2. The number of aryl methyl sites for hydroxylation is 1. The van der Waals surface area contributed by atoms with Crippen molar-refractivity contribution in [3.05, 3.63) is 17.1 Å². The Kier molecular flexibility index (Phi) is 4.27. The highest BCUT2D eigenvalue weighted by atomic mass is 32.1. The Labute approximate surface area is 118 Å². The van der Waals surface area contributed by atoms with Gasteiger partial charge in [-0.05, 0) is 32.9 Å². The number of anilines is 2. The number of nitrogen functional groups attached to an aromatic ring is 1. The van der Waals surface area contributed by atoms with Crippen LogP contribution >= 0.6 is 11.3 Å². The van der Waals surface area contributed by atoms with Crippen molar-refractivity contribution in [1.29, 1.82) is 0 Å². The average molecular weight is 279 g/mol. The lowest BCUT2D eigenvalue weighted by molar-refractivity contribution is 0.0846. The Bertz CT molecular complexity index is 565. The van der Waals surface area contributed by atoms with Gasteiger partial charge >= 0.3 is 0 Å². The molecule has 0 aliphatic rings. The standard InChI is InChI=1S/C14H21N3OS/c1-9(2)18-6-5-17(4)13-8-12-14(7-11(13)15)19-10(3)16-12/h7-9H,5-6,15H2,1-4H3. The molecule has 4 nitrogen and oxygen atoms in total. The normalized spacial score (nSPS) is 11.4. The lowest BCUT2D eigenvalue weighted by Crippen LogP contribution is -2.24. The first-order valence-corrected chi connectivity index (χ1v) is 7.28. The first kappa shape index (κ1) is 14.1. The molecule has 2 N–H and O–H groups in total. The Morgan fingerprint density at radius 3 is 2.84 bits per heavy atom. The number of ether oxygens (including phenoxy) is 1. The molecule has 0 radical (unpaired) electrons. The fraction of sp³-hybridized carbons (Fsp3) is 0.500. The fourth-order valence-electron chi connectivity index (χ4n) is 1.97. The quantitative estimate of drug-likeness (QED) is 0.855. The van der Waals surface area contributed by atoms with Crippen molar-refractivity contribution in [1.82, 2.24) is 4.98 Å². The van der Waals surface area contributed by atoms with Crippen LogP contribution in [0, 0.1) is 6.92 Å². The Morgan fingerprint density at radius 2 is 2.16 bits per heavy atom. The molecule has 5 heteroatoms. The summed E-state index contributed by atoms with van der Waals surface area (Å²) in [5, 5.41) is 1.07. The van der Waals surface area contributed by atoms with Crippen LogP contribution in [0.2, 0.25) is 0 Å². The zero-order valence-electron chi connectivity index (χ0n) is 11.9. The molecule has 0 saturated heterocycles. The van der Waals surface area contributed by atoms with E-state index in [0.29, 0.717) is 6.61 Å². The van der Waals surface area contributed by atoms with Gasteiger partial charge in [-0.15, -0.1) is 11.3 Å². The van der Waals surface area contributed by atoms with Crippen LogP contribution in [0.4, 0.5) is 11.4 Å². The van der Waals surface area contributed by atoms with Crippen molar-refractivity contribution in [3.63, 3.8) is 0 Å². The van der Waals surface area contributed by atoms with Gasteiger partial charge in [0.2, 0.25) is 0 Å². The van der Waals surface area contributed by atoms with Crippen LogP contribution < -0.4 is 10.6 Å². The van der Waals surface area contributed by atoms with E-state index in [2.05, 4.69) is 16.0 Å². The SMILES string of the molecule is Cc1nc2cc(N(C)CCOC(C)C)c(N)cc2s1. The number of benzene rings is 1. The number of nitrogens with zero attached hydrogens (tertiary/aromatic N) is 2. The predicted molar refractivity (Wildman–Crippen MR) is 83.1 cm³/mol. The molecular formula is C14H21N3OS. The van der Waals surface area contributed by atoms with Crippen molar-refractivity contribution < 1.29 is 4.74 Å². The zero-order chi connectivity index (χ0) is 14.0. The number of hydrogen-bond donors (Lipinski definition) is 1. The second-order valence-electron chi connectivity index (χ2n) is 4.95. The highest BCUT2D eigenvalue weighted by Crippen LogP contribution is 2.31. The average Bonchev–Trinajstić information content (AvgIpc) is 2.66. The molecule has 0 saturated carbocycles. The van der Waals surface area contributed by atoms with Crippen LogP contribution in [0.15, 0.2) is 12.1 Å². The smallest absolute Gasteiger partial charge is 0.0907 e. The van der Waals surface area contributed by atoms with Gasteiger partial charge in [-0.1, -0.05) is 0 Å². The third kappa shape index (κ3) is 3.36. The topological polar surface area (TPSA) is 51.4 Å². The Morgan fingerprint density at radius 1 is 1.42 bits per heavy atom. The molecule has 0 fully saturated rings. The molecule has 0 amide bonds. The van der Waals surface area contributed by atoms with Crippen molar-refractivity contribution in [2.24, 2.45) is 0 Å². The van der Waals surface area contributed by atoms with Gasteiger partial charge in [0.05, 0.1) is 39.3 Å². The van der Waals surface area contributed by atoms with Gasteiger partial charge in [0.15, 0.2) is 0 Å². The molecule has 2 aromatic rings. The van der Waals surface area contributed by atoms with E-state index in [1.165, 1.54) is 0 Å². The maximum Gasteiger partial charge on any atom is 0.0907 e. The molecular weight excluding hydrogens is 258 g/mol. The Balaban J connectivity index is 2.16. The Hall–Kier alpha value is -1.33. The second kappa shape index (κ2) is 5.75. The number of nitrogens with two attached hydrogens (primary N) is 1. The summed E-state index contributed by atoms with van der Waals surface area (Å²) < 4.78 is 6.71. The van der Waals surface area contributed by atoms with E-state index in [-0.39, 0.29) is 6.10 Å². The van der Waals surface area contributed by atoms with Gasteiger partial charge in [0, 0.05) is 13.6 Å². The number of likely N-dealkylation sites (N-methyl/N-ethyl adjacent to an activating group) is 1. The van der Waals surface area contributed by atoms with Gasteiger partial charge in [0.25, 0.3) is 0 Å². The summed E-state index contributed by atoms with van der Waals surface area (Å²) in [7, 11) is 2.03. The van der Waals surface area contributed by atoms with E-state index in [4.69, 9.17) is 10.5 Å². The summed E-state index contributed by atoms with van der Waals surface area (Å²) in [5.41, 5.74) is 8.96. The van der Waals surface area contributed by atoms with Crippen LogP contribution in [-0.4, -0.2) is 31.3 Å². The summed E-state index contributed by atoms with van der Waals surface area (Å²) in [4.78, 5) is 6.63. The van der Waals surface area contributed by atoms with Crippen LogP contribution in [0.1, 0.15) is 18.9 Å². The van der Waals surface area contributed by atoms with Crippen LogP contribution in [-0.2, 0) is 4.74 Å². The minimum atomic E-state index is 0.259. The van der Waals surface area contributed by atoms with Crippen molar-refractivity contribution in [2.45, 2.75) is 26.9 Å². The number of thiazole rings is 1. The molecule has 104 valence electrons. The highest BCUT2D eigenvalue weighted by molar-refractivity contribution is 7.18. The summed E-state index contributed by atoms with van der Waals surface area (Å²) in [6.07, 6.45) is 0.259. The van der Waals surface area contributed by atoms with Gasteiger partial charge in [-0.25, -0.2) is 4.98 Å². The summed E-state index contributed by atoms with van der Waals surface area (Å²) in [5.74, 6) is 0. The monoisotopic (exact) mass is 279 g/mol. The number of aromatic nitrogens is 1. The molecule has 0 bridgehead atoms. The number of hydrogen-bond acceptors (Lipinski definition) is 5. The highest BCUT2D eigenvalue weighted by Gasteiger charge is 2.10. The van der Waals surface area contributed by atoms with Gasteiger partial charge in [0.1, 0.15) is 0 Å². The minimum absolute atomic E-state index is 0.259. The largest absolute Gasteiger partial charge is 0.397 e. The lowest BCUT2D eigenvalue weighted by Gasteiger charge is -2.21. The van der Waals surface area contributed by atoms with Gasteiger partial charge in [-0.3, -0.25) is 0 Å². The maximum absolute atomic E-state index is 6.12. The molecule has 0 atom stereocenters. The van der Waals surface area contributed by atoms with E-state index in [9.17, 15) is 0 Å². The molecule has 0 unspecified atom stereocenters. The summed E-state index contributed by atoms with van der Waals surface area (Å²) >= 11 is 1.67. The van der Waals surface area contributed by atoms with Crippen LogP contribution in [0.3, 0.4) is 0 Å². The number of fused-ring (bicyclic) bond motifs is 1. The van der Waals surface area contributed by atoms with Crippen molar-refractivity contribution in [2.75, 3.05) is 30.8 Å². The van der Waals surface area contributed by atoms with Gasteiger partial charge in [-0.2, -0.15) is 0 Å². The summed E-state index contributed by atoms with van der Waals surface area (Å²) in [6, 6.07) is 4.07. The molecule has 2 rings (SSSR count). The van der Waals surface area contributed by atoms with E-state index in [1.807, 2.05) is 33.9 Å². The second-order valence-corrected chi connectivity index (χ2v) is 6.19. The first-order valence-electron chi connectivity index (χ1n) is 6.46. The van der Waals surface area contributed by atoms with Crippen LogP contribution in [0.5, 0.6) is 0 Å². The predicted octanol–water partition coefficient (Wildman–Crippen LogP) is 3.05. The maximum atomic E-state index is 6.12. The van der Waals surface area contributed by atoms with E-state index in [1.54, 1.807) is 11.3 Å². The molecule has 0 spiro atoms. The fourth-order valence-corrected chi connectivity index (χ4v) is 2.83. The molecule has 0 aliphatic carbocycles. The molecule has 0 aliphatic heterocycles. The van der Waals surface area contributed by atoms with Gasteiger partial charge < -0.3 is 15.4 Å². The molecule has 1 heterocycles.